The van der Waals surface area contributed by atoms with E-state index in [1.54, 1.807) is 6.08 Å². The summed E-state index contributed by atoms with van der Waals surface area (Å²) in [5, 5.41) is 12.2. The fraction of sp³-hybridized carbons (Fsp3) is 0.360. The van der Waals surface area contributed by atoms with Crippen LogP contribution in [0, 0.1) is 17.2 Å². The third-order valence-electron chi connectivity index (χ3n) is 5.02. The summed E-state index contributed by atoms with van der Waals surface area (Å²) < 4.78 is 11.1. The number of ether oxygens (including phenoxy) is 2. The topological polar surface area (TPSA) is 74.6 Å². The van der Waals surface area contributed by atoms with Gasteiger partial charge in [0.25, 0.3) is 5.91 Å². The van der Waals surface area contributed by atoms with E-state index < -0.39 is 5.91 Å². The van der Waals surface area contributed by atoms with Crippen molar-refractivity contribution in [3.63, 3.8) is 0 Å². The Kier molecular flexibility index (Phi) is 8.08. The molecule has 2 aromatic carbocycles. The molecule has 1 saturated heterocycles. The zero-order valence-electron chi connectivity index (χ0n) is 18.1. The SMILES string of the molecule is CC(C)CCOc1ccc(/C=C(\C#N)C(=O)Nc2ccc(N3CCOCC3)cc2)cc1. The van der Waals surface area contributed by atoms with Crippen molar-refractivity contribution >= 4 is 23.4 Å². The van der Waals surface area contributed by atoms with Gasteiger partial charge in [-0.1, -0.05) is 26.0 Å². The van der Waals surface area contributed by atoms with Gasteiger partial charge < -0.3 is 19.7 Å². The van der Waals surface area contributed by atoms with Gasteiger partial charge in [-0.25, -0.2) is 0 Å². The second-order valence-electron chi connectivity index (χ2n) is 7.87. The quantitative estimate of drug-likeness (QED) is 0.504. The lowest BCUT2D eigenvalue weighted by atomic mass is 10.1. The van der Waals surface area contributed by atoms with Crippen LogP contribution in [0.1, 0.15) is 25.8 Å². The van der Waals surface area contributed by atoms with E-state index in [0.29, 0.717) is 18.2 Å². The number of nitrogens with zero attached hydrogens (tertiary/aromatic N) is 2. The lowest BCUT2D eigenvalue weighted by Crippen LogP contribution is -2.36. The Balaban J connectivity index is 1.59. The molecule has 3 rings (SSSR count). The van der Waals surface area contributed by atoms with E-state index >= 15 is 0 Å². The molecular weight excluding hydrogens is 390 g/mol. The van der Waals surface area contributed by atoms with Crippen LogP contribution in [0.2, 0.25) is 0 Å². The first kappa shape index (κ1) is 22.4. The Bertz CT molecular complexity index is 922. The molecule has 0 unspecified atom stereocenters. The number of benzene rings is 2. The van der Waals surface area contributed by atoms with E-state index in [9.17, 15) is 10.1 Å². The monoisotopic (exact) mass is 419 g/mol. The zero-order chi connectivity index (χ0) is 22.1. The van der Waals surface area contributed by atoms with Gasteiger partial charge in [0, 0.05) is 24.5 Å². The highest BCUT2D eigenvalue weighted by Crippen LogP contribution is 2.20. The van der Waals surface area contributed by atoms with E-state index in [1.807, 2.05) is 54.6 Å². The number of hydrogen-bond donors (Lipinski definition) is 1. The fourth-order valence-electron chi connectivity index (χ4n) is 3.16. The van der Waals surface area contributed by atoms with E-state index in [0.717, 1.165) is 49.7 Å². The molecule has 0 aliphatic carbocycles. The summed E-state index contributed by atoms with van der Waals surface area (Å²) in [5.41, 5.74) is 2.56. The highest BCUT2D eigenvalue weighted by Gasteiger charge is 2.13. The number of nitriles is 1. The second kappa shape index (κ2) is 11.2. The molecule has 6 heteroatoms. The lowest BCUT2D eigenvalue weighted by molar-refractivity contribution is -0.112. The van der Waals surface area contributed by atoms with Crippen molar-refractivity contribution in [2.75, 3.05) is 43.1 Å². The molecule has 0 aromatic heterocycles. The van der Waals surface area contributed by atoms with Crippen molar-refractivity contribution < 1.29 is 14.3 Å². The number of amides is 1. The maximum atomic E-state index is 12.6. The van der Waals surface area contributed by atoms with Gasteiger partial charge in [-0.15, -0.1) is 0 Å². The van der Waals surface area contributed by atoms with Crippen molar-refractivity contribution in [1.29, 1.82) is 5.26 Å². The molecule has 2 aromatic rings. The van der Waals surface area contributed by atoms with Crippen LogP contribution in [-0.4, -0.2) is 38.8 Å². The van der Waals surface area contributed by atoms with Crippen LogP contribution in [-0.2, 0) is 9.53 Å². The minimum atomic E-state index is -0.432. The third-order valence-corrected chi connectivity index (χ3v) is 5.02. The number of rotatable bonds is 8. The summed E-state index contributed by atoms with van der Waals surface area (Å²) in [7, 11) is 0. The van der Waals surface area contributed by atoms with E-state index in [1.165, 1.54) is 0 Å². The molecule has 1 N–H and O–H groups in total. The first-order valence-electron chi connectivity index (χ1n) is 10.6. The largest absolute Gasteiger partial charge is 0.494 e. The molecule has 0 saturated carbocycles. The lowest BCUT2D eigenvalue weighted by Gasteiger charge is -2.28. The van der Waals surface area contributed by atoms with Crippen LogP contribution >= 0.6 is 0 Å². The maximum Gasteiger partial charge on any atom is 0.266 e. The Morgan fingerprint density at radius 2 is 1.84 bits per heavy atom. The predicted molar refractivity (Wildman–Crippen MR) is 123 cm³/mol. The first-order chi connectivity index (χ1) is 15.0. The number of morpholine rings is 1. The van der Waals surface area contributed by atoms with Gasteiger partial charge in [0.2, 0.25) is 0 Å². The molecule has 0 atom stereocenters. The van der Waals surface area contributed by atoms with Crippen LogP contribution < -0.4 is 15.0 Å². The van der Waals surface area contributed by atoms with Gasteiger partial charge >= 0.3 is 0 Å². The Morgan fingerprint density at radius 1 is 1.16 bits per heavy atom. The summed E-state index contributed by atoms with van der Waals surface area (Å²) in [6.45, 7) is 8.14. The predicted octanol–water partition coefficient (Wildman–Crippen LogP) is 4.49. The van der Waals surface area contributed by atoms with Gasteiger partial charge in [-0.2, -0.15) is 5.26 Å². The number of anilines is 2. The van der Waals surface area contributed by atoms with Gasteiger partial charge in [0.15, 0.2) is 0 Å². The summed E-state index contributed by atoms with van der Waals surface area (Å²) in [6, 6.07) is 17.0. The molecular formula is C25H29N3O3. The molecule has 1 heterocycles. The van der Waals surface area contributed by atoms with Crippen LogP contribution in [0.4, 0.5) is 11.4 Å². The maximum absolute atomic E-state index is 12.6. The van der Waals surface area contributed by atoms with Gasteiger partial charge in [0.05, 0.1) is 19.8 Å². The summed E-state index contributed by atoms with van der Waals surface area (Å²) in [4.78, 5) is 14.8. The van der Waals surface area contributed by atoms with Gasteiger partial charge in [-0.3, -0.25) is 4.79 Å². The molecule has 0 spiro atoms. The number of carbonyl (C=O) groups excluding carboxylic acids is 1. The highest BCUT2D eigenvalue weighted by atomic mass is 16.5. The summed E-state index contributed by atoms with van der Waals surface area (Å²) in [6.07, 6.45) is 2.57. The number of nitrogens with one attached hydrogen (secondary N) is 1. The summed E-state index contributed by atoms with van der Waals surface area (Å²) in [5.74, 6) is 0.939. The Morgan fingerprint density at radius 3 is 2.45 bits per heavy atom. The first-order valence-corrected chi connectivity index (χ1v) is 10.6. The van der Waals surface area contributed by atoms with E-state index in [2.05, 4.69) is 24.1 Å². The van der Waals surface area contributed by atoms with Crippen LogP contribution in [0.15, 0.2) is 54.1 Å². The number of carbonyl (C=O) groups is 1. The van der Waals surface area contributed by atoms with Crippen molar-refractivity contribution in [2.45, 2.75) is 20.3 Å². The van der Waals surface area contributed by atoms with E-state index in [-0.39, 0.29) is 5.57 Å². The highest BCUT2D eigenvalue weighted by molar-refractivity contribution is 6.09. The van der Waals surface area contributed by atoms with Crippen molar-refractivity contribution in [3.05, 3.63) is 59.7 Å². The smallest absolute Gasteiger partial charge is 0.266 e. The Hall–Kier alpha value is -3.30. The van der Waals surface area contributed by atoms with E-state index in [4.69, 9.17) is 9.47 Å². The van der Waals surface area contributed by atoms with Crippen molar-refractivity contribution in [3.8, 4) is 11.8 Å². The molecule has 162 valence electrons. The van der Waals surface area contributed by atoms with Crippen LogP contribution in [0.25, 0.3) is 6.08 Å². The minimum absolute atomic E-state index is 0.0470. The Labute approximate surface area is 184 Å². The normalized spacial score (nSPS) is 14.3. The molecule has 31 heavy (non-hydrogen) atoms. The van der Waals surface area contributed by atoms with Gasteiger partial charge in [0.1, 0.15) is 17.4 Å². The summed E-state index contributed by atoms with van der Waals surface area (Å²) >= 11 is 0. The van der Waals surface area contributed by atoms with Crippen LogP contribution in [0.5, 0.6) is 5.75 Å². The molecule has 1 aliphatic heterocycles. The second-order valence-corrected chi connectivity index (χ2v) is 7.87. The van der Waals surface area contributed by atoms with Crippen molar-refractivity contribution in [2.24, 2.45) is 5.92 Å². The third kappa shape index (κ3) is 6.87. The van der Waals surface area contributed by atoms with Gasteiger partial charge in [-0.05, 0) is 60.4 Å². The fourth-order valence-corrected chi connectivity index (χ4v) is 3.16. The number of hydrogen-bond acceptors (Lipinski definition) is 5. The standard InChI is InChI=1S/C25H29N3O3/c1-19(2)11-14-31-24-9-3-20(4-10-24)17-21(18-26)25(29)27-22-5-7-23(8-6-22)28-12-15-30-16-13-28/h3-10,17,19H,11-16H2,1-2H3,(H,27,29)/b21-17+. The van der Waals surface area contributed by atoms with Crippen molar-refractivity contribution in [1.82, 2.24) is 0 Å². The molecule has 1 aliphatic rings. The zero-order valence-corrected chi connectivity index (χ0v) is 18.1. The van der Waals surface area contributed by atoms with Crippen LogP contribution in [0.3, 0.4) is 0 Å². The minimum Gasteiger partial charge on any atom is -0.494 e. The molecule has 0 radical (unpaired) electrons. The molecule has 1 amide bonds. The molecule has 1 fully saturated rings. The molecule has 0 bridgehead atoms. The average molecular weight is 420 g/mol. The molecule has 6 nitrogen and oxygen atoms in total. The average Bonchev–Trinajstić information content (AvgIpc) is 2.79.